The van der Waals surface area contributed by atoms with Crippen molar-refractivity contribution in [3.8, 4) is 0 Å². The van der Waals surface area contributed by atoms with Crippen molar-refractivity contribution in [1.82, 2.24) is 0 Å². The fraction of sp³-hybridized carbons (Fsp3) is 0.200. The van der Waals surface area contributed by atoms with Gasteiger partial charge in [0.25, 0.3) is 0 Å². The van der Waals surface area contributed by atoms with Gasteiger partial charge in [0, 0.05) is 10.1 Å². The van der Waals surface area contributed by atoms with Crippen LogP contribution in [-0.4, -0.2) is 40.2 Å². The number of hydrogen-bond donors (Lipinski definition) is 0. The summed E-state index contributed by atoms with van der Waals surface area (Å²) in [6.45, 7) is 2.10. The number of carbonyl (C=O) groups excluding carboxylic acids is 2. The molecule has 0 aromatic heterocycles. The average Bonchev–Trinajstić information content (AvgIpc) is 2.68. The van der Waals surface area contributed by atoms with Crippen molar-refractivity contribution in [2.24, 2.45) is 0 Å². The van der Waals surface area contributed by atoms with Crippen molar-refractivity contribution in [1.29, 1.82) is 0 Å². The van der Waals surface area contributed by atoms with E-state index < -0.39 is 15.8 Å². The molecule has 0 N–H and O–H groups in total. The molecule has 0 unspecified atom stereocenters. The highest BCUT2D eigenvalue weighted by atomic mass is 127. The van der Waals surface area contributed by atoms with Gasteiger partial charge in [-0.05, 0) is 59.8 Å². The summed E-state index contributed by atoms with van der Waals surface area (Å²) in [6, 6.07) is 11.5. The fourth-order valence-corrected chi connectivity index (χ4v) is 4.37. The van der Waals surface area contributed by atoms with E-state index in [1.54, 1.807) is 48.5 Å². The number of nitrogens with zero attached hydrogens (tertiary/aromatic N) is 1. The molecule has 2 rings (SSSR count). The van der Waals surface area contributed by atoms with Gasteiger partial charge in [-0.25, -0.2) is 13.2 Å². The predicted octanol–water partition coefficient (Wildman–Crippen LogP) is 3.38. The Labute approximate surface area is 178 Å². The molecule has 2 aromatic rings. The van der Waals surface area contributed by atoms with Gasteiger partial charge in [-0.1, -0.05) is 29.8 Å². The van der Waals surface area contributed by atoms with Crippen LogP contribution in [0.3, 0.4) is 0 Å². The standard InChI is InChI=1S/C20H20INO5S/c1-15-5-8-17(9-6-15)28(25,26)12-4-3-11-22(14-23)19-10-7-16(13-18(19)21)20(24)27-2/h3-10,13-14H,11-12H2,1-2H3/b4-3+. The molecule has 0 radical (unpaired) electrons. The molecule has 0 aliphatic heterocycles. The first-order valence-corrected chi connectivity index (χ1v) is 11.1. The summed E-state index contributed by atoms with van der Waals surface area (Å²) in [5, 5.41) is 0. The van der Waals surface area contributed by atoms with Crippen LogP contribution >= 0.6 is 22.6 Å². The summed E-state index contributed by atoms with van der Waals surface area (Å²) in [7, 11) is -2.12. The second kappa shape index (κ2) is 9.83. The van der Waals surface area contributed by atoms with Crippen LogP contribution in [-0.2, 0) is 19.4 Å². The molecule has 0 saturated carbocycles. The van der Waals surface area contributed by atoms with Crippen LogP contribution in [0, 0.1) is 10.5 Å². The Morgan fingerprint density at radius 1 is 1.14 bits per heavy atom. The lowest BCUT2D eigenvalue weighted by Gasteiger charge is -2.17. The zero-order chi connectivity index (χ0) is 20.7. The van der Waals surface area contributed by atoms with E-state index in [4.69, 9.17) is 0 Å². The Bertz CT molecular complexity index is 984. The number of rotatable bonds is 8. The molecule has 0 aliphatic rings. The Balaban J connectivity index is 2.06. The van der Waals surface area contributed by atoms with Crippen LogP contribution in [0.1, 0.15) is 15.9 Å². The number of hydrogen-bond acceptors (Lipinski definition) is 5. The molecule has 0 fully saturated rings. The molecule has 0 heterocycles. The molecule has 0 spiro atoms. The number of ether oxygens (including phenoxy) is 1. The molecular formula is C20H20INO5S. The summed E-state index contributed by atoms with van der Waals surface area (Å²) in [5.41, 5.74) is 2.00. The SMILES string of the molecule is COC(=O)c1ccc(N(C=O)C/C=C/CS(=O)(=O)c2ccc(C)cc2)c(I)c1. The van der Waals surface area contributed by atoms with Crippen molar-refractivity contribution in [2.45, 2.75) is 11.8 Å². The van der Waals surface area contributed by atoms with Gasteiger partial charge in [0.1, 0.15) is 0 Å². The topological polar surface area (TPSA) is 80.8 Å². The lowest BCUT2D eigenvalue weighted by Crippen LogP contribution is -2.22. The van der Waals surface area contributed by atoms with Crippen molar-refractivity contribution >= 4 is 50.5 Å². The van der Waals surface area contributed by atoms with E-state index >= 15 is 0 Å². The van der Waals surface area contributed by atoms with Gasteiger partial charge in [0.05, 0.1) is 29.0 Å². The lowest BCUT2D eigenvalue weighted by molar-refractivity contribution is -0.107. The zero-order valence-electron chi connectivity index (χ0n) is 15.5. The molecule has 6 nitrogen and oxygen atoms in total. The molecule has 28 heavy (non-hydrogen) atoms. The molecule has 0 aliphatic carbocycles. The maximum Gasteiger partial charge on any atom is 0.337 e. The monoisotopic (exact) mass is 513 g/mol. The van der Waals surface area contributed by atoms with Crippen molar-refractivity contribution in [3.05, 3.63) is 69.3 Å². The van der Waals surface area contributed by atoms with Gasteiger partial charge in [0.2, 0.25) is 6.41 Å². The zero-order valence-corrected chi connectivity index (χ0v) is 18.4. The van der Waals surface area contributed by atoms with Gasteiger partial charge < -0.3 is 9.64 Å². The Morgan fingerprint density at radius 3 is 2.39 bits per heavy atom. The van der Waals surface area contributed by atoms with Crippen LogP contribution in [0.5, 0.6) is 0 Å². The maximum atomic E-state index is 12.3. The highest BCUT2D eigenvalue weighted by Gasteiger charge is 2.14. The summed E-state index contributed by atoms with van der Waals surface area (Å²) in [5.74, 6) is -0.607. The first kappa shape index (κ1) is 22.1. The number of sulfone groups is 1. The lowest BCUT2D eigenvalue weighted by atomic mass is 10.2. The first-order valence-electron chi connectivity index (χ1n) is 8.32. The maximum absolute atomic E-state index is 12.3. The number of aryl methyl sites for hydroxylation is 1. The smallest absolute Gasteiger partial charge is 0.337 e. The summed E-state index contributed by atoms with van der Waals surface area (Å²) >= 11 is 2.03. The third kappa shape index (κ3) is 5.65. The molecule has 0 bridgehead atoms. The number of methoxy groups -OCH3 is 1. The Kier molecular flexibility index (Phi) is 7.76. The second-order valence-electron chi connectivity index (χ2n) is 5.98. The minimum absolute atomic E-state index is 0.152. The first-order chi connectivity index (χ1) is 13.3. The number of benzene rings is 2. The van der Waals surface area contributed by atoms with Gasteiger partial charge in [-0.3, -0.25) is 4.79 Å². The van der Waals surface area contributed by atoms with Crippen LogP contribution < -0.4 is 4.90 Å². The summed E-state index contributed by atoms with van der Waals surface area (Å²) in [4.78, 5) is 24.7. The quantitative estimate of drug-likeness (QED) is 0.234. The Hall–Kier alpha value is -2.20. The molecule has 0 saturated heterocycles. The Morgan fingerprint density at radius 2 is 1.82 bits per heavy atom. The molecule has 1 amide bonds. The summed E-state index contributed by atoms with van der Waals surface area (Å²) < 4.78 is 30.0. The number of anilines is 1. The third-order valence-corrected chi connectivity index (χ3v) is 6.46. The van der Waals surface area contributed by atoms with E-state index in [9.17, 15) is 18.0 Å². The molecule has 2 aromatic carbocycles. The summed E-state index contributed by atoms with van der Waals surface area (Å²) in [6.07, 6.45) is 3.82. The van der Waals surface area contributed by atoms with Crippen LogP contribution in [0.15, 0.2) is 59.5 Å². The van der Waals surface area contributed by atoms with Crippen LogP contribution in [0.4, 0.5) is 5.69 Å². The van der Waals surface area contributed by atoms with E-state index in [0.29, 0.717) is 21.2 Å². The highest BCUT2D eigenvalue weighted by Crippen LogP contribution is 2.23. The van der Waals surface area contributed by atoms with E-state index in [1.807, 2.05) is 29.5 Å². The van der Waals surface area contributed by atoms with E-state index in [0.717, 1.165) is 5.56 Å². The molecule has 148 valence electrons. The molecule has 0 atom stereocenters. The van der Waals surface area contributed by atoms with Crippen molar-refractivity contribution < 1.29 is 22.7 Å². The number of halogens is 1. The van der Waals surface area contributed by atoms with Crippen LogP contribution in [0.25, 0.3) is 0 Å². The van der Waals surface area contributed by atoms with Gasteiger partial charge >= 0.3 is 5.97 Å². The molecule has 8 heteroatoms. The van der Waals surface area contributed by atoms with E-state index in [1.165, 1.54) is 18.1 Å². The average molecular weight is 513 g/mol. The number of esters is 1. The third-order valence-electron chi connectivity index (χ3n) is 3.97. The minimum atomic E-state index is -3.42. The predicted molar refractivity (Wildman–Crippen MR) is 116 cm³/mol. The van der Waals surface area contributed by atoms with Crippen molar-refractivity contribution in [2.75, 3.05) is 24.3 Å². The fourth-order valence-electron chi connectivity index (χ4n) is 2.41. The normalized spacial score (nSPS) is 11.4. The number of carbonyl (C=O) groups is 2. The van der Waals surface area contributed by atoms with E-state index in [2.05, 4.69) is 4.74 Å². The van der Waals surface area contributed by atoms with Crippen LogP contribution in [0.2, 0.25) is 0 Å². The van der Waals surface area contributed by atoms with Gasteiger partial charge in [-0.15, -0.1) is 0 Å². The molecular weight excluding hydrogens is 493 g/mol. The van der Waals surface area contributed by atoms with Crippen molar-refractivity contribution in [3.63, 3.8) is 0 Å². The second-order valence-corrected chi connectivity index (χ2v) is 9.18. The van der Waals surface area contributed by atoms with Gasteiger partial charge in [-0.2, -0.15) is 0 Å². The highest BCUT2D eigenvalue weighted by molar-refractivity contribution is 14.1. The largest absolute Gasteiger partial charge is 0.465 e. The van der Waals surface area contributed by atoms with E-state index in [-0.39, 0.29) is 17.2 Å². The minimum Gasteiger partial charge on any atom is -0.465 e. The number of amides is 1. The van der Waals surface area contributed by atoms with Gasteiger partial charge in [0.15, 0.2) is 9.84 Å².